The third kappa shape index (κ3) is 9.38. The van der Waals surface area contributed by atoms with Gasteiger partial charge in [-0.1, -0.05) is 123 Å². The van der Waals surface area contributed by atoms with Crippen molar-refractivity contribution in [3.05, 3.63) is 160 Å². The fourth-order valence-electron chi connectivity index (χ4n) is 8.45. The number of anilines is 3. The predicted octanol–water partition coefficient (Wildman–Crippen LogP) is 11.1. The van der Waals surface area contributed by atoms with Crippen molar-refractivity contribution in [2.24, 2.45) is 11.8 Å². The number of hydrogen-bond donors (Lipinski definition) is 3. The van der Waals surface area contributed by atoms with Crippen LogP contribution in [-0.4, -0.2) is 0 Å². The smallest absolute Gasteiger partial charge is 0.0314 e. The first-order chi connectivity index (χ1) is 24.4. The summed E-state index contributed by atoms with van der Waals surface area (Å²) in [6.07, 6.45) is 16.7. The highest BCUT2D eigenvalue weighted by molar-refractivity contribution is 5.44. The topological polar surface area (TPSA) is 78.1 Å². The SMILES string of the molecule is Cc1ccc(N)cc1.Nc1ccc(CCc2ccc(C3(c4ccc(CCc5ccc(N)cc5)cc4)CCC(C4CCCCC4)CC3)cc2)cc1. The summed E-state index contributed by atoms with van der Waals surface area (Å²) < 4.78 is 0. The Morgan fingerprint density at radius 1 is 0.420 bits per heavy atom. The Bertz CT molecular complexity index is 1610. The van der Waals surface area contributed by atoms with Gasteiger partial charge in [0.1, 0.15) is 0 Å². The van der Waals surface area contributed by atoms with Crippen molar-refractivity contribution >= 4 is 17.1 Å². The minimum Gasteiger partial charge on any atom is -0.399 e. The quantitative estimate of drug-likeness (QED) is 0.137. The molecule has 0 aliphatic heterocycles. The molecule has 50 heavy (non-hydrogen) atoms. The third-order valence-electron chi connectivity index (χ3n) is 11.7. The van der Waals surface area contributed by atoms with Crippen molar-refractivity contribution in [1.82, 2.24) is 0 Å². The molecule has 0 atom stereocenters. The zero-order valence-electron chi connectivity index (χ0n) is 30.1. The van der Waals surface area contributed by atoms with Crippen molar-refractivity contribution in [2.75, 3.05) is 17.2 Å². The lowest BCUT2D eigenvalue weighted by Crippen LogP contribution is -2.35. The van der Waals surface area contributed by atoms with Gasteiger partial charge in [0.15, 0.2) is 0 Å². The molecule has 0 heterocycles. The maximum atomic E-state index is 5.88. The zero-order chi connectivity index (χ0) is 34.8. The summed E-state index contributed by atoms with van der Waals surface area (Å²) >= 11 is 0. The predicted molar refractivity (Wildman–Crippen MR) is 214 cm³/mol. The van der Waals surface area contributed by atoms with Crippen LogP contribution in [0.4, 0.5) is 17.1 Å². The minimum absolute atomic E-state index is 0.121. The molecule has 0 spiro atoms. The average Bonchev–Trinajstić information content (AvgIpc) is 3.17. The van der Waals surface area contributed by atoms with Gasteiger partial charge in [-0.15, -0.1) is 0 Å². The van der Waals surface area contributed by atoms with Crippen LogP contribution in [0, 0.1) is 18.8 Å². The lowest BCUT2D eigenvalue weighted by molar-refractivity contribution is 0.163. The van der Waals surface area contributed by atoms with Gasteiger partial charge < -0.3 is 17.2 Å². The summed E-state index contributed by atoms with van der Waals surface area (Å²) in [5, 5.41) is 0. The minimum atomic E-state index is 0.121. The van der Waals surface area contributed by atoms with Crippen LogP contribution in [0.2, 0.25) is 0 Å². The maximum absolute atomic E-state index is 5.88. The molecule has 5 aromatic rings. The van der Waals surface area contributed by atoms with Crippen LogP contribution in [0.1, 0.15) is 96.7 Å². The van der Waals surface area contributed by atoms with E-state index in [-0.39, 0.29) is 5.41 Å². The molecule has 5 aromatic carbocycles. The van der Waals surface area contributed by atoms with E-state index in [9.17, 15) is 0 Å². The highest BCUT2D eigenvalue weighted by atomic mass is 14.5. The molecular weight excluding hydrogens is 607 g/mol. The van der Waals surface area contributed by atoms with Gasteiger partial charge in [-0.2, -0.15) is 0 Å². The van der Waals surface area contributed by atoms with Crippen LogP contribution in [0.5, 0.6) is 0 Å². The van der Waals surface area contributed by atoms with E-state index >= 15 is 0 Å². The van der Waals surface area contributed by atoms with E-state index in [0.29, 0.717) is 0 Å². The van der Waals surface area contributed by atoms with Crippen LogP contribution in [0.15, 0.2) is 121 Å². The summed E-state index contributed by atoms with van der Waals surface area (Å²) in [6, 6.07) is 43.8. The number of nitrogen functional groups attached to an aromatic ring is 3. The summed E-state index contributed by atoms with van der Waals surface area (Å²) in [7, 11) is 0. The molecule has 3 heteroatoms. The second-order valence-corrected chi connectivity index (χ2v) is 15.1. The first-order valence-corrected chi connectivity index (χ1v) is 19.1. The Morgan fingerprint density at radius 2 is 0.740 bits per heavy atom. The Morgan fingerprint density at radius 3 is 1.10 bits per heavy atom. The number of aryl methyl sites for hydroxylation is 5. The fraction of sp³-hybridized carbons (Fsp3) is 0.362. The van der Waals surface area contributed by atoms with Crippen LogP contribution >= 0.6 is 0 Å². The van der Waals surface area contributed by atoms with E-state index in [0.717, 1.165) is 54.6 Å². The normalized spacial score (nSPS) is 16.3. The zero-order valence-corrected chi connectivity index (χ0v) is 30.1. The van der Waals surface area contributed by atoms with E-state index in [1.807, 2.05) is 55.5 Å². The molecule has 7 rings (SSSR count). The van der Waals surface area contributed by atoms with Gasteiger partial charge in [-0.25, -0.2) is 0 Å². The van der Waals surface area contributed by atoms with Crippen LogP contribution in [0.3, 0.4) is 0 Å². The molecule has 2 aliphatic carbocycles. The highest BCUT2D eigenvalue weighted by Crippen LogP contribution is 2.50. The lowest BCUT2D eigenvalue weighted by Gasteiger charge is -2.44. The van der Waals surface area contributed by atoms with Gasteiger partial charge in [-0.3, -0.25) is 0 Å². The summed E-state index contributed by atoms with van der Waals surface area (Å²) in [5.74, 6) is 1.87. The Kier molecular flexibility index (Phi) is 12.0. The van der Waals surface area contributed by atoms with E-state index in [1.54, 1.807) is 0 Å². The van der Waals surface area contributed by atoms with Crippen LogP contribution < -0.4 is 17.2 Å². The van der Waals surface area contributed by atoms with Crippen LogP contribution in [-0.2, 0) is 31.1 Å². The lowest BCUT2D eigenvalue weighted by atomic mass is 9.60. The van der Waals surface area contributed by atoms with Crippen LogP contribution in [0.25, 0.3) is 0 Å². The van der Waals surface area contributed by atoms with Gasteiger partial charge in [0.05, 0.1) is 0 Å². The number of benzene rings is 5. The van der Waals surface area contributed by atoms with Gasteiger partial charge in [-0.05, 0) is 140 Å². The van der Waals surface area contributed by atoms with E-state index < -0.39 is 0 Å². The molecule has 0 unspecified atom stereocenters. The molecule has 2 saturated carbocycles. The molecule has 0 saturated heterocycles. The standard InChI is InChI=1S/C40H48N2.C7H9N/c41-38-22-14-32(15-23-38)8-6-30-10-18-36(19-11-30)40(28-26-35(27-29-40)34-4-2-1-3-5-34)37-20-12-31(13-21-37)7-9-33-16-24-39(42)25-17-33;1-6-2-4-7(8)5-3-6/h10-25,34-35H,1-9,26-29,41-42H2;2-5H,8H2,1H3. The Hall–Kier alpha value is -4.50. The average molecular weight is 664 g/mol. The van der Waals surface area contributed by atoms with Crippen molar-refractivity contribution in [3.8, 4) is 0 Å². The number of hydrogen-bond acceptors (Lipinski definition) is 3. The highest BCUT2D eigenvalue weighted by Gasteiger charge is 2.40. The first kappa shape index (κ1) is 35.3. The third-order valence-corrected chi connectivity index (χ3v) is 11.7. The molecule has 2 fully saturated rings. The molecule has 0 amide bonds. The van der Waals surface area contributed by atoms with E-state index in [1.165, 1.54) is 96.7 Å². The fourth-order valence-corrected chi connectivity index (χ4v) is 8.45. The van der Waals surface area contributed by atoms with E-state index in [2.05, 4.69) is 72.8 Å². The molecule has 2 aliphatic rings. The summed E-state index contributed by atoms with van der Waals surface area (Å²) in [4.78, 5) is 0. The van der Waals surface area contributed by atoms with Gasteiger partial charge in [0.2, 0.25) is 0 Å². The summed E-state index contributed by atoms with van der Waals surface area (Å²) in [5.41, 5.74) is 29.6. The molecule has 0 bridgehead atoms. The largest absolute Gasteiger partial charge is 0.399 e. The molecule has 6 N–H and O–H groups in total. The van der Waals surface area contributed by atoms with Crippen molar-refractivity contribution in [1.29, 1.82) is 0 Å². The summed E-state index contributed by atoms with van der Waals surface area (Å²) in [6.45, 7) is 2.04. The van der Waals surface area contributed by atoms with Gasteiger partial charge in [0.25, 0.3) is 0 Å². The molecule has 0 radical (unpaired) electrons. The monoisotopic (exact) mass is 663 g/mol. The molecule has 3 nitrogen and oxygen atoms in total. The molecular formula is C47H57N3. The van der Waals surface area contributed by atoms with Gasteiger partial charge >= 0.3 is 0 Å². The Balaban J connectivity index is 0.000000477. The van der Waals surface area contributed by atoms with Crippen molar-refractivity contribution in [3.63, 3.8) is 0 Å². The van der Waals surface area contributed by atoms with Crippen molar-refractivity contribution < 1.29 is 0 Å². The number of nitrogens with two attached hydrogens (primary N) is 3. The van der Waals surface area contributed by atoms with Gasteiger partial charge in [0, 0.05) is 22.5 Å². The first-order valence-electron chi connectivity index (χ1n) is 19.1. The second kappa shape index (κ2) is 16.9. The molecule has 260 valence electrons. The maximum Gasteiger partial charge on any atom is 0.0314 e. The number of rotatable bonds is 9. The Labute approximate surface area is 301 Å². The van der Waals surface area contributed by atoms with E-state index in [4.69, 9.17) is 17.2 Å². The second-order valence-electron chi connectivity index (χ2n) is 15.1. The molecule has 0 aromatic heterocycles. The van der Waals surface area contributed by atoms with Crippen molar-refractivity contribution in [2.45, 2.75) is 95.8 Å².